The van der Waals surface area contributed by atoms with Crippen LogP contribution in [-0.2, 0) is 0 Å². The van der Waals surface area contributed by atoms with Crippen LogP contribution in [-0.4, -0.2) is 191 Å². The van der Waals surface area contributed by atoms with Gasteiger partial charge in [-0.25, -0.2) is 0 Å². The summed E-state index contributed by atoms with van der Waals surface area (Å²) in [7, 11) is 0. The van der Waals surface area contributed by atoms with Crippen LogP contribution < -0.4 is 0 Å². The van der Waals surface area contributed by atoms with Crippen LogP contribution in [0.1, 0.15) is 0 Å². The summed E-state index contributed by atoms with van der Waals surface area (Å²) in [5, 5.41) is 0. The maximum atomic E-state index is 0. The molecule has 8 heavy (non-hydrogen) atoms. The minimum atomic E-state index is 0. The average molecular weight is 968 g/mol. The van der Waals surface area contributed by atoms with Gasteiger partial charge in [0.2, 0.25) is 0 Å². The molecule has 0 saturated heterocycles. The van der Waals surface area contributed by atoms with Crippen molar-refractivity contribution >= 4 is 191 Å². The van der Waals surface area contributed by atoms with Crippen molar-refractivity contribution in [3.05, 3.63) is 0 Å². The van der Waals surface area contributed by atoms with Crippen LogP contribution in [0.5, 0.6) is 0 Å². The molecule has 0 aliphatic heterocycles. The van der Waals surface area contributed by atoms with Crippen molar-refractivity contribution in [3.8, 4) is 0 Å². The van der Waals surface area contributed by atoms with Gasteiger partial charge in [0.25, 0.3) is 0 Å². The molecule has 0 aromatic heterocycles. The van der Waals surface area contributed by atoms with E-state index >= 15 is 0 Å². The van der Waals surface area contributed by atoms with Crippen molar-refractivity contribution in [2.24, 2.45) is 0 Å². The molecule has 0 unspecified atom stereocenters. The molecule has 0 spiro atoms. The number of hydrogen-bond acceptors (Lipinski definition) is 0. The van der Waals surface area contributed by atoms with Gasteiger partial charge in [-0.1, -0.05) is 0 Å². The van der Waals surface area contributed by atoms with Gasteiger partial charge >= 0.3 is 191 Å². The SMILES string of the molecule is [SnH2].[SnH2].[SnH2].[SnH2].[SnH2].[SnH2].[SnH3].[SnH3]. The zero-order valence-electron chi connectivity index (χ0n) is 6.24. The van der Waals surface area contributed by atoms with Gasteiger partial charge in [0, 0.05) is 0 Å². The summed E-state index contributed by atoms with van der Waals surface area (Å²) in [5.41, 5.74) is 0. The Kier molecular flexibility index (Phi) is 398. The minimum absolute atomic E-state index is 0. The average Bonchev–Trinajstić information content (AvgIpc) is 0. The molecule has 0 fully saturated rings. The van der Waals surface area contributed by atoms with Gasteiger partial charge in [-0.05, 0) is 0 Å². The molecular weight excluding hydrogens is 950 g/mol. The quantitative estimate of drug-likeness (QED) is 0.212. The van der Waals surface area contributed by atoms with Gasteiger partial charge < -0.3 is 0 Å². The Labute approximate surface area is 186 Å². The molecule has 0 aromatic rings. The maximum absolute atomic E-state index is 0. The van der Waals surface area contributed by atoms with E-state index in [-0.39, 0.29) is 191 Å². The molecule has 50 valence electrons. The van der Waals surface area contributed by atoms with E-state index in [4.69, 9.17) is 0 Å². The predicted molar refractivity (Wildman–Crippen MR) is 71.1 cm³/mol. The molecule has 0 saturated carbocycles. The summed E-state index contributed by atoms with van der Waals surface area (Å²) in [6.07, 6.45) is 0. The van der Waals surface area contributed by atoms with E-state index in [9.17, 15) is 0 Å². The summed E-state index contributed by atoms with van der Waals surface area (Å²) in [4.78, 5) is 0. The number of rotatable bonds is 0. The Balaban J connectivity index is 0. The molecular formula is H18Sn8. The van der Waals surface area contributed by atoms with Crippen molar-refractivity contribution in [2.45, 2.75) is 0 Å². The van der Waals surface area contributed by atoms with Gasteiger partial charge in [0.15, 0.2) is 0 Å². The van der Waals surface area contributed by atoms with Gasteiger partial charge in [0.1, 0.15) is 0 Å². The second-order valence-corrected chi connectivity index (χ2v) is 0. The first-order valence-corrected chi connectivity index (χ1v) is 0. The zero-order valence-corrected chi connectivity index (χ0v) is 41.9. The molecule has 0 amide bonds. The molecule has 14 radical (unpaired) electrons. The van der Waals surface area contributed by atoms with Crippen LogP contribution in [0, 0.1) is 0 Å². The van der Waals surface area contributed by atoms with E-state index in [1.54, 1.807) is 0 Å². The van der Waals surface area contributed by atoms with Crippen LogP contribution in [0.2, 0.25) is 0 Å². The third kappa shape index (κ3) is 39.4. The van der Waals surface area contributed by atoms with Gasteiger partial charge in [-0.15, -0.1) is 0 Å². The second-order valence-electron chi connectivity index (χ2n) is 0. The normalized spacial score (nSPS) is 0. The van der Waals surface area contributed by atoms with Crippen molar-refractivity contribution in [3.63, 3.8) is 0 Å². The summed E-state index contributed by atoms with van der Waals surface area (Å²) < 4.78 is 0. The monoisotopic (exact) mass is 977 g/mol. The summed E-state index contributed by atoms with van der Waals surface area (Å²) in [6.45, 7) is 0. The van der Waals surface area contributed by atoms with Gasteiger partial charge in [-0.3, -0.25) is 0 Å². The van der Waals surface area contributed by atoms with E-state index in [0.29, 0.717) is 0 Å². The standard InChI is InChI=1S/8Sn.18H. The molecule has 0 aliphatic rings. The van der Waals surface area contributed by atoms with Crippen LogP contribution in [0.15, 0.2) is 0 Å². The third-order valence-corrected chi connectivity index (χ3v) is 0. The Morgan fingerprint density at radius 3 is 0.250 bits per heavy atom. The molecule has 0 aromatic carbocycles. The van der Waals surface area contributed by atoms with Crippen LogP contribution in [0.4, 0.5) is 0 Å². The Morgan fingerprint density at radius 1 is 0.250 bits per heavy atom. The first kappa shape index (κ1) is 63.2. The van der Waals surface area contributed by atoms with E-state index in [1.807, 2.05) is 0 Å². The predicted octanol–water partition coefficient (Wildman–Crippen LogP) is -7.86. The van der Waals surface area contributed by atoms with Crippen molar-refractivity contribution < 1.29 is 0 Å². The number of hydrogen-bond donors (Lipinski definition) is 0. The molecule has 0 bridgehead atoms. The topological polar surface area (TPSA) is 0 Å². The second kappa shape index (κ2) is 50.3. The van der Waals surface area contributed by atoms with Crippen molar-refractivity contribution in [1.82, 2.24) is 0 Å². The van der Waals surface area contributed by atoms with Gasteiger partial charge in [-0.2, -0.15) is 0 Å². The molecule has 0 heterocycles. The Bertz CT molecular complexity index is 0. The Morgan fingerprint density at radius 2 is 0.250 bits per heavy atom. The summed E-state index contributed by atoms with van der Waals surface area (Å²) in [6, 6.07) is 0. The van der Waals surface area contributed by atoms with Crippen molar-refractivity contribution in [1.29, 1.82) is 0 Å². The molecule has 0 atom stereocenters. The van der Waals surface area contributed by atoms with E-state index in [2.05, 4.69) is 0 Å². The molecule has 0 aliphatic carbocycles. The van der Waals surface area contributed by atoms with E-state index in [0.717, 1.165) is 0 Å². The van der Waals surface area contributed by atoms with Crippen molar-refractivity contribution in [2.75, 3.05) is 0 Å². The van der Waals surface area contributed by atoms with Crippen LogP contribution >= 0.6 is 0 Å². The van der Waals surface area contributed by atoms with E-state index < -0.39 is 0 Å². The van der Waals surface area contributed by atoms with Crippen LogP contribution in [0.25, 0.3) is 0 Å². The van der Waals surface area contributed by atoms with E-state index in [1.165, 1.54) is 0 Å². The Hall–Kier alpha value is 6.39. The van der Waals surface area contributed by atoms with Gasteiger partial charge in [0.05, 0.1) is 0 Å². The summed E-state index contributed by atoms with van der Waals surface area (Å²) in [5.74, 6) is 0. The fourth-order valence-corrected chi connectivity index (χ4v) is 0. The molecule has 0 nitrogen and oxygen atoms in total. The summed E-state index contributed by atoms with van der Waals surface area (Å²) >= 11 is 0. The molecule has 8 heteroatoms. The van der Waals surface area contributed by atoms with Crippen LogP contribution in [0.3, 0.4) is 0 Å². The fourth-order valence-electron chi connectivity index (χ4n) is 0. The third-order valence-electron chi connectivity index (χ3n) is 0. The first-order chi connectivity index (χ1) is 0. The molecule has 0 rings (SSSR count). The molecule has 0 N–H and O–H groups in total. The fraction of sp³-hybridized carbons (Fsp3) is 0. The zero-order chi connectivity index (χ0) is 0. The first-order valence-electron chi connectivity index (χ1n) is 0.